The van der Waals surface area contributed by atoms with Crippen LogP contribution in [0.2, 0.25) is 0 Å². The van der Waals surface area contributed by atoms with Gasteiger partial charge < -0.3 is 19.5 Å². The number of hydrogen-bond acceptors (Lipinski definition) is 4. The van der Waals surface area contributed by atoms with Crippen LogP contribution in [-0.4, -0.2) is 45.8 Å². The minimum Gasteiger partial charge on any atom is -0.493 e. The van der Waals surface area contributed by atoms with E-state index in [2.05, 4.69) is 5.32 Å². The second-order valence-electron chi connectivity index (χ2n) is 4.02. The molecule has 0 saturated carbocycles. The normalized spacial score (nSPS) is 10.2. The minimum atomic E-state index is -0.0632. The van der Waals surface area contributed by atoms with E-state index in [1.165, 1.54) is 0 Å². The summed E-state index contributed by atoms with van der Waals surface area (Å²) in [6.45, 7) is 1.43. The van der Waals surface area contributed by atoms with Crippen molar-refractivity contribution in [3.8, 4) is 11.5 Å². The van der Waals surface area contributed by atoms with Gasteiger partial charge >= 0.3 is 0 Å². The molecule has 0 aliphatic rings. The predicted molar refractivity (Wildman–Crippen MR) is 77.8 cm³/mol. The van der Waals surface area contributed by atoms with Crippen LogP contribution in [0.5, 0.6) is 11.5 Å². The zero-order chi connectivity index (χ0) is 14.8. The monoisotopic (exact) mass is 301 g/mol. The Balaban J connectivity index is 2.41. The molecule has 112 valence electrons. The van der Waals surface area contributed by atoms with Crippen molar-refractivity contribution in [2.75, 3.05) is 39.9 Å². The number of nitrogens with one attached hydrogen (secondary N) is 1. The molecule has 0 saturated heterocycles. The van der Waals surface area contributed by atoms with E-state index in [-0.39, 0.29) is 12.3 Å². The van der Waals surface area contributed by atoms with E-state index in [4.69, 9.17) is 25.8 Å². The molecule has 0 fully saturated rings. The average molecular weight is 302 g/mol. The highest BCUT2D eigenvalue weighted by atomic mass is 35.5. The molecule has 1 N–H and O–H groups in total. The predicted octanol–water partition coefficient (Wildman–Crippen LogP) is 1.62. The lowest BCUT2D eigenvalue weighted by atomic mass is 10.1. The molecule has 1 rings (SSSR count). The first-order chi connectivity index (χ1) is 9.71. The Kier molecular flexibility index (Phi) is 7.84. The first-order valence-electron chi connectivity index (χ1n) is 6.32. The fourth-order valence-electron chi connectivity index (χ4n) is 1.66. The summed E-state index contributed by atoms with van der Waals surface area (Å²) in [7, 11) is 3.14. The number of rotatable bonds is 9. The van der Waals surface area contributed by atoms with Crippen molar-refractivity contribution >= 4 is 17.5 Å². The fourth-order valence-corrected chi connectivity index (χ4v) is 1.77. The van der Waals surface area contributed by atoms with Gasteiger partial charge in [0.25, 0.3) is 0 Å². The van der Waals surface area contributed by atoms with E-state index in [9.17, 15) is 4.79 Å². The molecule has 0 heterocycles. The first-order valence-corrected chi connectivity index (χ1v) is 6.86. The van der Waals surface area contributed by atoms with Crippen LogP contribution in [0.1, 0.15) is 5.56 Å². The van der Waals surface area contributed by atoms with Gasteiger partial charge in [0.05, 0.1) is 33.9 Å². The van der Waals surface area contributed by atoms with E-state index in [1.807, 2.05) is 6.07 Å². The van der Waals surface area contributed by atoms with Gasteiger partial charge in [0.1, 0.15) is 0 Å². The highest BCUT2D eigenvalue weighted by molar-refractivity contribution is 6.17. The fraction of sp³-hybridized carbons (Fsp3) is 0.500. The summed E-state index contributed by atoms with van der Waals surface area (Å²) in [5.41, 5.74) is 0.863. The SMILES string of the molecule is COc1ccc(CC(=O)NCCOCCCl)cc1OC. The first kappa shape index (κ1) is 16.6. The molecule has 0 atom stereocenters. The molecule has 0 aromatic heterocycles. The molecule has 0 bridgehead atoms. The molecule has 0 aliphatic heterocycles. The van der Waals surface area contributed by atoms with Crippen LogP contribution >= 0.6 is 11.6 Å². The number of carbonyl (C=O) groups excluding carboxylic acids is 1. The second kappa shape index (κ2) is 9.44. The molecule has 0 unspecified atom stereocenters. The van der Waals surface area contributed by atoms with Crippen molar-refractivity contribution < 1.29 is 19.0 Å². The van der Waals surface area contributed by atoms with Crippen LogP contribution in [-0.2, 0) is 16.0 Å². The van der Waals surface area contributed by atoms with Gasteiger partial charge in [0.2, 0.25) is 5.91 Å². The number of benzene rings is 1. The molecule has 0 spiro atoms. The molecule has 1 aromatic carbocycles. The van der Waals surface area contributed by atoms with Gasteiger partial charge in [-0.2, -0.15) is 0 Å². The minimum absolute atomic E-state index is 0.0632. The van der Waals surface area contributed by atoms with Crippen molar-refractivity contribution in [3.05, 3.63) is 23.8 Å². The maximum atomic E-state index is 11.7. The van der Waals surface area contributed by atoms with E-state index in [0.717, 1.165) is 5.56 Å². The zero-order valence-electron chi connectivity index (χ0n) is 11.8. The van der Waals surface area contributed by atoms with Gasteiger partial charge in [-0.25, -0.2) is 0 Å². The third kappa shape index (κ3) is 5.67. The summed E-state index contributed by atoms with van der Waals surface area (Å²) in [6, 6.07) is 5.42. The largest absolute Gasteiger partial charge is 0.493 e. The summed E-state index contributed by atoms with van der Waals surface area (Å²) < 4.78 is 15.5. The lowest BCUT2D eigenvalue weighted by Crippen LogP contribution is -2.28. The summed E-state index contributed by atoms with van der Waals surface area (Å²) in [6.07, 6.45) is 0.288. The maximum absolute atomic E-state index is 11.7. The standard InChI is InChI=1S/C14H20ClNO4/c1-18-12-4-3-11(9-13(12)19-2)10-14(17)16-6-8-20-7-5-15/h3-4,9H,5-8,10H2,1-2H3,(H,16,17). The Labute approximate surface area is 124 Å². The van der Waals surface area contributed by atoms with Crippen molar-refractivity contribution in [3.63, 3.8) is 0 Å². The highest BCUT2D eigenvalue weighted by Crippen LogP contribution is 2.27. The molecular weight excluding hydrogens is 282 g/mol. The Morgan fingerprint density at radius 1 is 1.20 bits per heavy atom. The number of hydrogen-bond donors (Lipinski definition) is 1. The second-order valence-corrected chi connectivity index (χ2v) is 4.40. The van der Waals surface area contributed by atoms with Gasteiger partial charge in [-0.3, -0.25) is 4.79 Å². The zero-order valence-corrected chi connectivity index (χ0v) is 12.5. The number of alkyl halides is 1. The topological polar surface area (TPSA) is 56.8 Å². The summed E-state index contributed by atoms with van der Waals surface area (Å²) in [5.74, 6) is 1.65. The van der Waals surface area contributed by atoms with Crippen molar-refractivity contribution in [1.82, 2.24) is 5.32 Å². The lowest BCUT2D eigenvalue weighted by molar-refractivity contribution is -0.120. The number of carbonyl (C=O) groups is 1. The average Bonchev–Trinajstić information content (AvgIpc) is 2.46. The van der Waals surface area contributed by atoms with Crippen LogP contribution < -0.4 is 14.8 Å². The molecule has 1 amide bonds. The molecule has 0 radical (unpaired) electrons. The Morgan fingerprint density at radius 3 is 2.60 bits per heavy atom. The van der Waals surface area contributed by atoms with Gasteiger partial charge in [-0.15, -0.1) is 11.6 Å². The third-order valence-corrected chi connectivity index (χ3v) is 2.76. The lowest BCUT2D eigenvalue weighted by Gasteiger charge is -2.10. The van der Waals surface area contributed by atoms with Crippen molar-refractivity contribution in [2.24, 2.45) is 0 Å². The number of methoxy groups -OCH3 is 2. The maximum Gasteiger partial charge on any atom is 0.224 e. The summed E-state index contributed by atoms with van der Waals surface area (Å²) in [4.78, 5) is 11.7. The Hall–Kier alpha value is -1.46. The number of amides is 1. The number of ether oxygens (including phenoxy) is 3. The van der Waals surface area contributed by atoms with E-state index in [1.54, 1.807) is 26.4 Å². The highest BCUT2D eigenvalue weighted by Gasteiger charge is 2.07. The third-order valence-electron chi connectivity index (χ3n) is 2.60. The number of halogens is 1. The Morgan fingerprint density at radius 2 is 1.95 bits per heavy atom. The van der Waals surface area contributed by atoms with Crippen molar-refractivity contribution in [2.45, 2.75) is 6.42 Å². The van der Waals surface area contributed by atoms with E-state index >= 15 is 0 Å². The summed E-state index contributed by atoms with van der Waals surface area (Å²) in [5, 5.41) is 2.78. The van der Waals surface area contributed by atoms with Gasteiger partial charge in [0, 0.05) is 12.4 Å². The van der Waals surface area contributed by atoms with E-state index in [0.29, 0.717) is 37.1 Å². The van der Waals surface area contributed by atoms with E-state index < -0.39 is 0 Å². The van der Waals surface area contributed by atoms with Crippen LogP contribution in [0.15, 0.2) is 18.2 Å². The summed E-state index contributed by atoms with van der Waals surface area (Å²) >= 11 is 5.47. The van der Waals surface area contributed by atoms with Gasteiger partial charge in [-0.05, 0) is 17.7 Å². The van der Waals surface area contributed by atoms with Crippen LogP contribution in [0.4, 0.5) is 0 Å². The van der Waals surface area contributed by atoms with Gasteiger partial charge in [0.15, 0.2) is 11.5 Å². The quantitative estimate of drug-likeness (QED) is 0.556. The molecule has 1 aromatic rings. The van der Waals surface area contributed by atoms with Crippen LogP contribution in [0, 0.1) is 0 Å². The van der Waals surface area contributed by atoms with Crippen LogP contribution in [0.3, 0.4) is 0 Å². The van der Waals surface area contributed by atoms with Gasteiger partial charge in [-0.1, -0.05) is 6.07 Å². The molecule has 6 heteroatoms. The molecule has 20 heavy (non-hydrogen) atoms. The van der Waals surface area contributed by atoms with Crippen molar-refractivity contribution in [1.29, 1.82) is 0 Å². The molecular formula is C14H20ClNO4. The molecule has 5 nitrogen and oxygen atoms in total. The molecule has 0 aliphatic carbocycles. The van der Waals surface area contributed by atoms with Crippen LogP contribution in [0.25, 0.3) is 0 Å². The Bertz CT molecular complexity index is 426. The smallest absolute Gasteiger partial charge is 0.224 e.